The maximum Gasteiger partial charge on any atom is 0.145 e. The van der Waals surface area contributed by atoms with Crippen LogP contribution in [0.3, 0.4) is 0 Å². The molecule has 0 aliphatic rings. The summed E-state index contributed by atoms with van der Waals surface area (Å²) in [5.74, 6) is 0.277. The van der Waals surface area contributed by atoms with Gasteiger partial charge >= 0.3 is 0 Å². The number of nitrogens with one attached hydrogen (secondary N) is 1. The van der Waals surface area contributed by atoms with Crippen LogP contribution in [0.25, 0.3) is 11.3 Å². The molecule has 1 aromatic carbocycles. The Balaban J connectivity index is 1.94. The largest absolute Gasteiger partial charge is 0.382 e. The van der Waals surface area contributed by atoms with Crippen LogP contribution in [0.2, 0.25) is 0 Å². The molecule has 0 aliphatic heterocycles. The molecule has 5 heteroatoms. The normalized spacial score (nSPS) is 12.3. The standard InChI is InChI=1S/C16H15FN4/c1-10(15-8-16(18)21-20-15)11-3-2-4-12(7-11)14-6-5-13(17)9-19-14/h2-10H,1H3,(H3,18,20,21). The minimum Gasteiger partial charge on any atom is -0.382 e. The summed E-state index contributed by atoms with van der Waals surface area (Å²) in [4.78, 5) is 4.11. The molecule has 0 spiro atoms. The molecular weight excluding hydrogens is 267 g/mol. The smallest absolute Gasteiger partial charge is 0.145 e. The first-order chi connectivity index (χ1) is 10.1. The minimum absolute atomic E-state index is 0.134. The zero-order valence-electron chi connectivity index (χ0n) is 11.5. The number of aromatic nitrogens is 3. The zero-order valence-corrected chi connectivity index (χ0v) is 11.5. The summed E-state index contributed by atoms with van der Waals surface area (Å²) in [5, 5.41) is 6.88. The quantitative estimate of drug-likeness (QED) is 0.774. The molecule has 2 aromatic heterocycles. The van der Waals surface area contributed by atoms with E-state index in [1.807, 2.05) is 30.3 Å². The average Bonchev–Trinajstić information content (AvgIpc) is 2.94. The summed E-state index contributed by atoms with van der Waals surface area (Å²) >= 11 is 0. The number of nitrogens with two attached hydrogens (primary N) is 1. The van der Waals surface area contributed by atoms with Crippen LogP contribution in [-0.2, 0) is 0 Å². The van der Waals surface area contributed by atoms with Crippen molar-refractivity contribution in [3.63, 3.8) is 0 Å². The van der Waals surface area contributed by atoms with E-state index in [0.29, 0.717) is 5.82 Å². The lowest BCUT2D eigenvalue weighted by molar-refractivity contribution is 0.622. The van der Waals surface area contributed by atoms with E-state index in [1.54, 1.807) is 6.07 Å². The van der Waals surface area contributed by atoms with Gasteiger partial charge in [0.2, 0.25) is 0 Å². The number of nitrogens with zero attached hydrogens (tertiary/aromatic N) is 2. The van der Waals surface area contributed by atoms with Gasteiger partial charge in [0.25, 0.3) is 0 Å². The summed E-state index contributed by atoms with van der Waals surface area (Å²) in [6, 6.07) is 12.9. The van der Waals surface area contributed by atoms with Crippen molar-refractivity contribution in [3.8, 4) is 11.3 Å². The van der Waals surface area contributed by atoms with Crippen LogP contribution in [0.15, 0.2) is 48.7 Å². The van der Waals surface area contributed by atoms with E-state index < -0.39 is 0 Å². The minimum atomic E-state index is -0.337. The van der Waals surface area contributed by atoms with Crippen LogP contribution in [0.5, 0.6) is 0 Å². The lowest BCUT2D eigenvalue weighted by Gasteiger charge is -2.11. The van der Waals surface area contributed by atoms with Crippen molar-refractivity contribution >= 4 is 5.82 Å². The Morgan fingerprint density at radius 1 is 1.19 bits per heavy atom. The fourth-order valence-electron chi connectivity index (χ4n) is 2.27. The first-order valence-corrected chi connectivity index (χ1v) is 6.66. The molecule has 0 amide bonds. The number of pyridine rings is 1. The number of anilines is 1. The fourth-order valence-corrected chi connectivity index (χ4v) is 2.27. The SMILES string of the molecule is CC(c1cccc(-c2ccc(F)cn2)c1)c1cc(N)n[nH]1. The number of halogens is 1. The van der Waals surface area contributed by atoms with Gasteiger partial charge in [-0.05, 0) is 23.8 Å². The van der Waals surface area contributed by atoms with Gasteiger partial charge in [-0.1, -0.05) is 25.1 Å². The van der Waals surface area contributed by atoms with Gasteiger partial charge in [0.15, 0.2) is 0 Å². The monoisotopic (exact) mass is 282 g/mol. The van der Waals surface area contributed by atoms with E-state index in [1.165, 1.54) is 12.3 Å². The Hall–Kier alpha value is -2.69. The second-order valence-corrected chi connectivity index (χ2v) is 4.96. The van der Waals surface area contributed by atoms with Gasteiger partial charge in [0.1, 0.15) is 11.6 Å². The average molecular weight is 282 g/mol. The fraction of sp³-hybridized carbons (Fsp3) is 0.125. The first kappa shape index (κ1) is 13.3. The summed E-state index contributed by atoms with van der Waals surface area (Å²) in [7, 11) is 0. The highest BCUT2D eigenvalue weighted by Crippen LogP contribution is 2.27. The van der Waals surface area contributed by atoms with Crippen LogP contribution in [-0.4, -0.2) is 15.2 Å². The van der Waals surface area contributed by atoms with Crippen molar-refractivity contribution < 1.29 is 4.39 Å². The molecule has 0 bridgehead atoms. The number of aromatic amines is 1. The molecular formula is C16H15FN4. The number of hydrogen-bond acceptors (Lipinski definition) is 3. The molecule has 0 aliphatic carbocycles. The highest BCUT2D eigenvalue weighted by molar-refractivity contribution is 5.60. The Morgan fingerprint density at radius 2 is 2.05 bits per heavy atom. The maximum atomic E-state index is 12.9. The molecule has 2 heterocycles. The third kappa shape index (κ3) is 2.76. The van der Waals surface area contributed by atoms with E-state index >= 15 is 0 Å². The van der Waals surface area contributed by atoms with Crippen molar-refractivity contribution in [2.24, 2.45) is 0 Å². The second kappa shape index (κ2) is 5.36. The summed E-state index contributed by atoms with van der Waals surface area (Å²) in [6.45, 7) is 2.07. The summed E-state index contributed by atoms with van der Waals surface area (Å²) < 4.78 is 12.9. The van der Waals surface area contributed by atoms with Gasteiger partial charge < -0.3 is 5.73 Å². The van der Waals surface area contributed by atoms with Gasteiger partial charge in [-0.15, -0.1) is 0 Å². The lowest BCUT2D eigenvalue weighted by atomic mass is 9.95. The molecule has 3 aromatic rings. The molecule has 1 unspecified atom stereocenters. The Morgan fingerprint density at radius 3 is 2.71 bits per heavy atom. The molecule has 3 rings (SSSR count). The van der Waals surface area contributed by atoms with Crippen LogP contribution in [0, 0.1) is 5.82 Å². The van der Waals surface area contributed by atoms with E-state index in [0.717, 1.165) is 22.5 Å². The summed E-state index contributed by atoms with van der Waals surface area (Å²) in [5.41, 5.74) is 9.41. The number of nitrogen functional groups attached to an aromatic ring is 1. The van der Waals surface area contributed by atoms with Gasteiger partial charge in [0, 0.05) is 23.2 Å². The van der Waals surface area contributed by atoms with Crippen LogP contribution in [0.1, 0.15) is 24.1 Å². The third-order valence-corrected chi connectivity index (χ3v) is 3.49. The van der Waals surface area contributed by atoms with Crippen LogP contribution >= 0.6 is 0 Å². The first-order valence-electron chi connectivity index (χ1n) is 6.66. The lowest BCUT2D eigenvalue weighted by Crippen LogP contribution is -1.97. The van der Waals surface area contributed by atoms with Crippen LogP contribution < -0.4 is 5.73 Å². The molecule has 0 fully saturated rings. The molecule has 1 atom stereocenters. The van der Waals surface area contributed by atoms with Crippen molar-refractivity contribution in [2.45, 2.75) is 12.8 Å². The Kier molecular flexibility index (Phi) is 3.39. The zero-order chi connectivity index (χ0) is 14.8. The molecule has 0 saturated heterocycles. The molecule has 0 radical (unpaired) electrons. The number of H-pyrrole nitrogens is 1. The van der Waals surface area contributed by atoms with Crippen molar-refractivity contribution in [1.29, 1.82) is 0 Å². The number of hydrogen-bond donors (Lipinski definition) is 2. The predicted octanol–water partition coefficient (Wildman–Crippen LogP) is 3.34. The number of rotatable bonds is 3. The van der Waals surface area contributed by atoms with Crippen molar-refractivity contribution in [2.75, 3.05) is 5.73 Å². The Labute approximate surface area is 121 Å². The molecule has 0 saturated carbocycles. The number of benzene rings is 1. The maximum absolute atomic E-state index is 12.9. The van der Waals surface area contributed by atoms with Gasteiger partial charge in [-0.25, -0.2) is 4.39 Å². The van der Waals surface area contributed by atoms with E-state index in [9.17, 15) is 4.39 Å². The second-order valence-electron chi connectivity index (χ2n) is 4.96. The topological polar surface area (TPSA) is 67.6 Å². The highest BCUT2D eigenvalue weighted by atomic mass is 19.1. The molecule has 3 N–H and O–H groups in total. The van der Waals surface area contributed by atoms with E-state index in [2.05, 4.69) is 22.1 Å². The van der Waals surface area contributed by atoms with E-state index in [-0.39, 0.29) is 11.7 Å². The van der Waals surface area contributed by atoms with E-state index in [4.69, 9.17) is 5.73 Å². The molecule has 4 nitrogen and oxygen atoms in total. The molecule has 21 heavy (non-hydrogen) atoms. The van der Waals surface area contributed by atoms with Gasteiger partial charge in [0.05, 0.1) is 11.9 Å². The molecule has 106 valence electrons. The Bertz CT molecular complexity index is 749. The van der Waals surface area contributed by atoms with Crippen LogP contribution in [0.4, 0.5) is 10.2 Å². The summed E-state index contributed by atoms with van der Waals surface area (Å²) in [6.07, 6.45) is 1.22. The third-order valence-electron chi connectivity index (χ3n) is 3.49. The highest BCUT2D eigenvalue weighted by Gasteiger charge is 2.12. The predicted molar refractivity (Wildman–Crippen MR) is 80.1 cm³/mol. The van der Waals surface area contributed by atoms with Gasteiger partial charge in [-0.2, -0.15) is 5.10 Å². The van der Waals surface area contributed by atoms with Gasteiger partial charge in [-0.3, -0.25) is 10.1 Å². The van der Waals surface area contributed by atoms with Crippen molar-refractivity contribution in [1.82, 2.24) is 15.2 Å². The van der Waals surface area contributed by atoms with Crippen molar-refractivity contribution in [3.05, 3.63) is 65.7 Å².